The number of carbonyl (C=O) groups is 2. The highest BCUT2D eigenvalue weighted by Gasteiger charge is 2.26. The van der Waals surface area contributed by atoms with E-state index in [0.717, 1.165) is 0 Å². The van der Waals surface area contributed by atoms with Gasteiger partial charge in [0.2, 0.25) is 10.0 Å². The van der Waals surface area contributed by atoms with Gasteiger partial charge in [-0.2, -0.15) is 4.31 Å². The molecule has 1 fully saturated rings. The maximum atomic E-state index is 12.7. The zero-order valence-electron chi connectivity index (χ0n) is 16.5. The number of ether oxygens (including phenoxy) is 2. The lowest BCUT2D eigenvalue weighted by molar-refractivity contribution is -0.142. The molecule has 0 aromatic heterocycles. The van der Waals surface area contributed by atoms with Crippen molar-refractivity contribution in [1.82, 2.24) is 4.31 Å². The molecule has 0 unspecified atom stereocenters. The molecule has 2 aromatic carbocycles. The number of halogens is 1. The van der Waals surface area contributed by atoms with E-state index >= 15 is 0 Å². The molecule has 2 aromatic rings. The number of carbonyl (C=O) groups excluding carboxylic acids is 2. The van der Waals surface area contributed by atoms with Crippen LogP contribution in [-0.4, -0.2) is 57.5 Å². The van der Waals surface area contributed by atoms with Gasteiger partial charge in [0, 0.05) is 29.9 Å². The predicted octanol–water partition coefficient (Wildman–Crippen LogP) is 2.56. The minimum atomic E-state index is -3.68. The molecular formula is C21H21ClN2O6S. The highest BCUT2D eigenvalue weighted by molar-refractivity contribution is 7.89. The third-order valence-corrected chi connectivity index (χ3v) is 6.46. The summed E-state index contributed by atoms with van der Waals surface area (Å²) in [4.78, 5) is 24.0. The van der Waals surface area contributed by atoms with Crippen LogP contribution in [0.3, 0.4) is 0 Å². The van der Waals surface area contributed by atoms with E-state index < -0.39 is 28.5 Å². The molecule has 0 spiro atoms. The summed E-state index contributed by atoms with van der Waals surface area (Å²) in [6.45, 7) is 0.716. The van der Waals surface area contributed by atoms with Gasteiger partial charge in [0.05, 0.1) is 18.1 Å². The van der Waals surface area contributed by atoms with Crippen LogP contribution in [0.1, 0.15) is 5.56 Å². The van der Waals surface area contributed by atoms with Crippen molar-refractivity contribution in [2.24, 2.45) is 0 Å². The number of hydrogen-bond acceptors (Lipinski definition) is 6. The Balaban J connectivity index is 1.54. The molecule has 1 aliphatic rings. The molecule has 0 radical (unpaired) electrons. The summed E-state index contributed by atoms with van der Waals surface area (Å²) in [6.07, 6.45) is 2.71. The molecular weight excluding hydrogens is 444 g/mol. The summed E-state index contributed by atoms with van der Waals surface area (Å²) in [6, 6.07) is 12.8. The Hall–Kier alpha value is -2.72. The number of nitrogens with zero attached hydrogens (tertiary/aromatic N) is 1. The van der Waals surface area contributed by atoms with E-state index in [9.17, 15) is 18.0 Å². The number of morpholine rings is 1. The van der Waals surface area contributed by atoms with Gasteiger partial charge in [0.25, 0.3) is 5.91 Å². The minimum absolute atomic E-state index is 0.0636. The molecule has 1 N–H and O–H groups in total. The van der Waals surface area contributed by atoms with Crippen LogP contribution in [0.2, 0.25) is 5.02 Å². The van der Waals surface area contributed by atoms with E-state index in [1.165, 1.54) is 34.7 Å². The Labute approximate surface area is 185 Å². The fourth-order valence-corrected chi connectivity index (χ4v) is 4.48. The van der Waals surface area contributed by atoms with Crippen LogP contribution in [0.4, 0.5) is 5.69 Å². The lowest BCUT2D eigenvalue weighted by Gasteiger charge is -2.26. The molecule has 1 heterocycles. The number of hydrogen-bond donors (Lipinski definition) is 1. The van der Waals surface area contributed by atoms with Crippen molar-refractivity contribution in [1.29, 1.82) is 0 Å². The summed E-state index contributed by atoms with van der Waals surface area (Å²) in [7, 11) is -3.68. The Morgan fingerprint density at radius 3 is 2.61 bits per heavy atom. The van der Waals surface area contributed by atoms with E-state index in [2.05, 4.69) is 5.32 Å². The molecule has 3 rings (SSSR count). The van der Waals surface area contributed by atoms with Gasteiger partial charge in [-0.05, 0) is 42.0 Å². The van der Waals surface area contributed by atoms with Gasteiger partial charge in [0.1, 0.15) is 0 Å². The first-order chi connectivity index (χ1) is 14.8. The molecule has 10 heteroatoms. The van der Waals surface area contributed by atoms with Gasteiger partial charge >= 0.3 is 5.97 Å². The van der Waals surface area contributed by atoms with Gasteiger partial charge in [-0.3, -0.25) is 4.79 Å². The standard InChI is InChI=1S/C21H21ClN2O6S/c22-17-4-1-3-16(13-17)7-8-21(26)30-15-20(25)23-18-5-2-6-19(14-18)31(27,28)24-9-11-29-12-10-24/h1-8,13-14H,9-12,15H2,(H,23,25)/b8-7+. The fraction of sp³-hybridized carbons (Fsp3) is 0.238. The number of esters is 1. The molecule has 0 saturated carbocycles. The second kappa shape index (κ2) is 10.5. The minimum Gasteiger partial charge on any atom is -0.452 e. The molecule has 164 valence electrons. The highest BCUT2D eigenvalue weighted by Crippen LogP contribution is 2.20. The quantitative estimate of drug-likeness (QED) is 0.499. The lowest BCUT2D eigenvalue weighted by Crippen LogP contribution is -2.40. The van der Waals surface area contributed by atoms with Crippen molar-refractivity contribution in [2.75, 3.05) is 38.2 Å². The number of anilines is 1. The van der Waals surface area contributed by atoms with Crippen LogP contribution in [0.15, 0.2) is 59.5 Å². The van der Waals surface area contributed by atoms with Crippen LogP contribution >= 0.6 is 11.6 Å². The first-order valence-corrected chi connectivity index (χ1v) is 11.2. The molecule has 8 nitrogen and oxygen atoms in total. The van der Waals surface area contributed by atoms with Gasteiger partial charge in [-0.15, -0.1) is 0 Å². The average molecular weight is 465 g/mol. The average Bonchev–Trinajstić information content (AvgIpc) is 2.77. The van der Waals surface area contributed by atoms with Crippen LogP contribution in [0.5, 0.6) is 0 Å². The molecule has 1 aliphatic heterocycles. The summed E-state index contributed by atoms with van der Waals surface area (Å²) >= 11 is 5.87. The normalized spacial score (nSPS) is 15.0. The van der Waals surface area contributed by atoms with Gasteiger partial charge in [-0.25, -0.2) is 13.2 Å². The van der Waals surface area contributed by atoms with Crippen LogP contribution in [-0.2, 0) is 29.1 Å². The maximum Gasteiger partial charge on any atom is 0.331 e. The number of benzene rings is 2. The van der Waals surface area contributed by atoms with E-state index in [4.69, 9.17) is 21.1 Å². The van der Waals surface area contributed by atoms with Crippen LogP contribution in [0, 0.1) is 0 Å². The zero-order valence-corrected chi connectivity index (χ0v) is 18.1. The monoisotopic (exact) mass is 464 g/mol. The summed E-state index contributed by atoms with van der Waals surface area (Å²) < 4.78 is 36.9. The molecule has 0 aliphatic carbocycles. The number of sulfonamides is 1. The first kappa shape index (κ1) is 23.0. The topological polar surface area (TPSA) is 102 Å². The molecule has 0 atom stereocenters. The van der Waals surface area contributed by atoms with Gasteiger partial charge in [0.15, 0.2) is 6.61 Å². The van der Waals surface area contributed by atoms with E-state index in [1.54, 1.807) is 30.3 Å². The number of rotatable bonds is 7. The third kappa shape index (κ3) is 6.63. The van der Waals surface area contributed by atoms with Crippen LogP contribution in [0.25, 0.3) is 6.08 Å². The largest absolute Gasteiger partial charge is 0.452 e. The molecule has 1 saturated heterocycles. The summed E-state index contributed by atoms with van der Waals surface area (Å²) in [5, 5.41) is 3.06. The predicted molar refractivity (Wildman–Crippen MR) is 116 cm³/mol. The van der Waals surface area contributed by atoms with E-state index in [0.29, 0.717) is 23.8 Å². The van der Waals surface area contributed by atoms with Crippen molar-refractivity contribution in [3.05, 3.63) is 65.2 Å². The number of amides is 1. The first-order valence-electron chi connectivity index (χ1n) is 9.43. The van der Waals surface area contributed by atoms with E-state index in [-0.39, 0.29) is 23.7 Å². The van der Waals surface area contributed by atoms with Crippen molar-refractivity contribution in [3.63, 3.8) is 0 Å². The van der Waals surface area contributed by atoms with Gasteiger partial charge < -0.3 is 14.8 Å². The third-order valence-electron chi connectivity index (χ3n) is 4.33. The Morgan fingerprint density at radius 2 is 1.87 bits per heavy atom. The zero-order chi connectivity index (χ0) is 22.3. The van der Waals surface area contributed by atoms with Crippen molar-refractivity contribution < 1.29 is 27.5 Å². The second-order valence-corrected chi connectivity index (χ2v) is 8.96. The van der Waals surface area contributed by atoms with Crippen LogP contribution < -0.4 is 5.32 Å². The van der Waals surface area contributed by atoms with Crippen molar-refractivity contribution in [2.45, 2.75) is 4.90 Å². The molecule has 31 heavy (non-hydrogen) atoms. The Morgan fingerprint density at radius 1 is 1.13 bits per heavy atom. The smallest absolute Gasteiger partial charge is 0.331 e. The van der Waals surface area contributed by atoms with Crippen molar-refractivity contribution >= 4 is 45.3 Å². The van der Waals surface area contributed by atoms with Gasteiger partial charge in [-0.1, -0.05) is 29.8 Å². The SMILES string of the molecule is O=C(COC(=O)/C=C/c1cccc(Cl)c1)Nc1cccc(S(=O)(=O)N2CCOCC2)c1. The van der Waals surface area contributed by atoms with E-state index in [1.807, 2.05) is 0 Å². The molecule has 1 amide bonds. The summed E-state index contributed by atoms with van der Waals surface area (Å²) in [5.74, 6) is -1.29. The Bertz CT molecular complexity index is 1080. The second-order valence-electron chi connectivity index (χ2n) is 6.59. The summed E-state index contributed by atoms with van der Waals surface area (Å²) in [5.41, 5.74) is 0.997. The number of nitrogens with one attached hydrogen (secondary N) is 1. The fourth-order valence-electron chi connectivity index (χ4n) is 2.83. The molecule has 0 bridgehead atoms. The maximum absolute atomic E-state index is 12.7. The lowest BCUT2D eigenvalue weighted by atomic mass is 10.2. The van der Waals surface area contributed by atoms with Crippen molar-refractivity contribution in [3.8, 4) is 0 Å². The highest BCUT2D eigenvalue weighted by atomic mass is 35.5. The Kier molecular flexibility index (Phi) is 7.80.